The Hall–Kier alpha value is -0.820. The smallest absolute Gasteiger partial charge is 0.0762 e. The number of benzene rings is 1. The van der Waals surface area contributed by atoms with Crippen LogP contribution < -0.4 is 0 Å². The third-order valence-electron chi connectivity index (χ3n) is 1.43. The Labute approximate surface area is 61.3 Å². The lowest BCUT2D eigenvalue weighted by atomic mass is 10.1. The average Bonchev–Trinajstić information content (AvgIpc) is 1.88. The topological polar surface area (TPSA) is 20.2 Å². The lowest BCUT2D eigenvalue weighted by Gasteiger charge is -2.03. The van der Waals surface area contributed by atoms with Crippen molar-refractivity contribution in [3.8, 4) is 0 Å². The van der Waals surface area contributed by atoms with Gasteiger partial charge in [0.05, 0.1) is 6.10 Å². The first-order valence-electron chi connectivity index (χ1n) is 3.30. The van der Waals surface area contributed by atoms with Gasteiger partial charge in [0.25, 0.3) is 0 Å². The SMILES string of the molecule is [CH2]c1cccc(C(C)O)c1. The fraction of sp³-hybridized carbons (Fsp3) is 0.222. The molecule has 0 aliphatic heterocycles. The van der Waals surface area contributed by atoms with Gasteiger partial charge in [0.2, 0.25) is 0 Å². The number of hydrogen-bond acceptors (Lipinski definition) is 1. The van der Waals surface area contributed by atoms with Crippen molar-refractivity contribution in [3.05, 3.63) is 42.3 Å². The first-order valence-corrected chi connectivity index (χ1v) is 3.30. The maximum Gasteiger partial charge on any atom is 0.0762 e. The molecule has 1 rings (SSSR count). The van der Waals surface area contributed by atoms with Crippen LogP contribution in [0.1, 0.15) is 24.2 Å². The summed E-state index contributed by atoms with van der Waals surface area (Å²) in [5, 5.41) is 9.12. The Morgan fingerprint density at radius 2 is 2.20 bits per heavy atom. The highest BCUT2D eigenvalue weighted by atomic mass is 16.3. The van der Waals surface area contributed by atoms with Crippen LogP contribution in [0, 0.1) is 6.92 Å². The molecule has 1 aromatic carbocycles. The maximum absolute atomic E-state index is 9.12. The minimum Gasteiger partial charge on any atom is -0.389 e. The number of hydrogen-bond donors (Lipinski definition) is 1. The van der Waals surface area contributed by atoms with E-state index in [9.17, 15) is 0 Å². The van der Waals surface area contributed by atoms with Crippen molar-refractivity contribution in [1.29, 1.82) is 0 Å². The van der Waals surface area contributed by atoms with E-state index >= 15 is 0 Å². The van der Waals surface area contributed by atoms with Crippen molar-refractivity contribution in [1.82, 2.24) is 0 Å². The first kappa shape index (κ1) is 7.29. The van der Waals surface area contributed by atoms with Crippen LogP contribution in [-0.4, -0.2) is 5.11 Å². The van der Waals surface area contributed by atoms with Crippen LogP contribution in [0.25, 0.3) is 0 Å². The summed E-state index contributed by atoms with van der Waals surface area (Å²) >= 11 is 0. The molecule has 0 spiro atoms. The zero-order valence-electron chi connectivity index (χ0n) is 6.04. The second kappa shape index (κ2) is 2.84. The van der Waals surface area contributed by atoms with E-state index in [1.807, 2.05) is 24.3 Å². The summed E-state index contributed by atoms with van der Waals surface area (Å²) in [6.07, 6.45) is -0.387. The quantitative estimate of drug-likeness (QED) is 0.623. The van der Waals surface area contributed by atoms with E-state index in [0.717, 1.165) is 11.1 Å². The van der Waals surface area contributed by atoms with Gasteiger partial charge >= 0.3 is 0 Å². The predicted molar refractivity (Wildman–Crippen MR) is 41.5 cm³/mol. The molecule has 0 amide bonds. The summed E-state index contributed by atoms with van der Waals surface area (Å²) in [7, 11) is 0. The minimum absolute atomic E-state index is 0.387. The van der Waals surface area contributed by atoms with Gasteiger partial charge in [-0.3, -0.25) is 0 Å². The number of aliphatic hydroxyl groups excluding tert-OH is 1. The summed E-state index contributed by atoms with van der Waals surface area (Å²) in [6.45, 7) is 5.50. The highest BCUT2D eigenvalue weighted by Crippen LogP contribution is 2.12. The normalized spacial score (nSPS) is 13.1. The molecule has 0 aliphatic carbocycles. The lowest BCUT2D eigenvalue weighted by Crippen LogP contribution is -1.89. The van der Waals surface area contributed by atoms with Crippen molar-refractivity contribution in [2.24, 2.45) is 0 Å². The summed E-state index contributed by atoms with van der Waals surface area (Å²) in [5.74, 6) is 0. The fourth-order valence-electron chi connectivity index (χ4n) is 0.853. The van der Waals surface area contributed by atoms with Gasteiger partial charge in [-0.1, -0.05) is 24.3 Å². The Balaban J connectivity index is 2.96. The van der Waals surface area contributed by atoms with Crippen LogP contribution in [0.3, 0.4) is 0 Å². The second-order valence-electron chi connectivity index (χ2n) is 2.42. The largest absolute Gasteiger partial charge is 0.389 e. The predicted octanol–water partition coefficient (Wildman–Crippen LogP) is 1.92. The van der Waals surface area contributed by atoms with Crippen LogP contribution in [0.4, 0.5) is 0 Å². The van der Waals surface area contributed by atoms with Crippen molar-refractivity contribution < 1.29 is 5.11 Å². The van der Waals surface area contributed by atoms with Crippen LogP contribution in [0.15, 0.2) is 24.3 Å². The summed E-state index contributed by atoms with van der Waals surface area (Å²) in [5.41, 5.74) is 1.87. The van der Waals surface area contributed by atoms with Crippen molar-refractivity contribution in [3.63, 3.8) is 0 Å². The highest BCUT2D eigenvalue weighted by Gasteiger charge is 1.97. The molecule has 1 aromatic rings. The van der Waals surface area contributed by atoms with E-state index in [1.54, 1.807) is 6.92 Å². The molecule has 53 valence electrons. The fourth-order valence-corrected chi connectivity index (χ4v) is 0.853. The van der Waals surface area contributed by atoms with Gasteiger partial charge in [0.1, 0.15) is 0 Å². The standard InChI is InChI=1S/C9H11O/c1-7-4-3-5-9(6-7)8(2)10/h3-6,8,10H,1H2,2H3. The first-order chi connectivity index (χ1) is 4.70. The van der Waals surface area contributed by atoms with Gasteiger partial charge in [-0.2, -0.15) is 0 Å². The maximum atomic E-state index is 9.12. The van der Waals surface area contributed by atoms with Crippen LogP contribution in [0.5, 0.6) is 0 Å². The molecule has 0 aromatic heterocycles. The molecule has 0 fully saturated rings. The minimum atomic E-state index is -0.387. The van der Waals surface area contributed by atoms with Gasteiger partial charge in [-0.05, 0) is 25.0 Å². The van der Waals surface area contributed by atoms with Crippen LogP contribution in [0.2, 0.25) is 0 Å². The molecule has 1 unspecified atom stereocenters. The summed E-state index contributed by atoms with van der Waals surface area (Å²) in [6, 6.07) is 7.57. The molecule has 1 N–H and O–H groups in total. The van der Waals surface area contributed by atoms with Gasteiger partial charge < -0.3 is 5.11 Å². The monoisotopic (exact) mass is 135 g/mol. The van der Waals surface area contributed by atoms with Gasteiger partial charge in [-0.15, -0.1) is 0 Å². The third kappa shape index (κ3) is 1.58. The highest BCUT2D eigenvalue weighted by molar-refractivity contribution is 5.26. The van der Waals surface area contributed by atoms with E-state index in [-0.39, 0.29) is 6.10 Å². The molecular formula is C9H11O. The van der Waals surface area contributed by atoms with Crippen LogP contribution >= 0.6 is 0 Å². The number of aliphatic hydroxyl groups is 1. The van der Waals surface area contributed by atoms with E-state index in [1.165, 1.54) is 0 Å². The molecule has 1 radical (unpaired) electrons. The lowest BCUT2D eigenvalue weighted by molar-refractivity contribution is 0.199. The van der Waals surface area contributed by atoms with Crippen LogP contribution in [-0.2, 0) is 0 Å². The summed E-state index contributed by atoms with van der Waals surface area (Å²) < 4.78 is 0. The van der Waals surface area contributed by atoms with Crippen molar-refractivity contribution >= 4 is 0 Å². The molecule has 0 aliphatic rings. The Morgan fingerprint density at radius 1 is 1.50 bits per heavy atom. The molecule has 10 heavy (non-hydrogen) atoms. The van der Waals surface area contributed by atoms with E-state index < -0.39 is 0 Å². The molecule has 0 bridgehead atoms. The average molecular weight is 135 g/mol. The van der Waals surface area contributed by atoms with Gasteiger partial charge in [0, 0.05) is 0 Å². The van der Waals surface area contributed by atoms with E-state index in [2.05, 4.69) is 6.92 Å². The molecule has 1 heteroatoms. The third-order valence-corrected chi connectivity index (χ3v) is 1.43. The Bertz CT molecular complexity index is 216. The van der Waals surface area contributed by atoms with Crippen molar-refractivity contribution in [2.45, 2.75) is 13.0 Å². The number of rotatable bonds is 1. The van der Waals surface area contributed by atoms with E-state index in [0.29, 0.717) is 0 Å². The van der Waals surface area contributed by atoms with Gasteiger partial charge in [-0.25, -0.2) is 0 Å². The molecule has 0 heterocycles. The summed E-state index contributed by atoms with van der Waals surface area (Å²) in [4.78, 5) is 0. The molecule has 1 nitrogen and oxygen atoms in total. The Morgan fingerprint density at radius 3 is 2.60 bits per heavy atom. The molecule has 0 saturated carbocycles. The molecular weight excluding hydrogens is 124 g/mol. The zero-order chi connectivity index (χ0) is 7.56. The molecule has 1 atom stereocenters. The zero-order valence-corrected chi connectivity index (χ0v) is 6.04. The van der Waals surface area contributed by atoms with Gasteiger partial charge in [0.15, 0.2) is 0 Å². The Kier molecular flexibility index (Phi) is 2.07. The molecule has 0 saturated heterocycles. The van der Waals surface area contributed by atoms with Crippen molar-refractivity contribution in [2.75, 3.05) is 0 Å². The van der Waals surface area contributed by atoms with E-state index in [4.69, 9.17) is 5.11 Å². The second-order valence-corrected chi connectivity index (χ2v) is 2.42.